The highest BCUT2D eigenvalue weighted by molar-refractivity contribution is 7.85. The predicted molar refractivity (Wildman–Crippen MR) is 132 cm³/mol. The smallest absolute Gasteiger partial charge is 0.349 e. The lowest BCUT2D eigenvalue weighted by molar-refractivity contribution is 0.0528. The van der Waals surface area contributed by atoms with Crippen LogP contribution in [0.25, 0.3) is 10.1 Å². The minimum atomic E-state index is -1.61. The molecular weight excluding hydrogens is 488 g/mol. The molecule has 1 aromatic heterocycles. The van der Waals surface area contributed by atoms with Crippen LogP contribution in [0.2, 0.25) is 0 Å². The van der Waals surface area contributed by atoms with Crippen LogP contribution in [0.4, 0.5) is 0 Å². The van der Waals surface area contributed by atoms with Gasteiger partial charge in [-0.3, -0.25) is 0 Å². The van der Waals surface area contributed by atoms with Crippen LogP contribution in [0.3, 0.4) is 0 Å². The SMILES string of the molecule is CCOC(=O)c1sc2cc(COc3ccc4c(c3)OCO4)ccc2c1S(=O)c1cccc(OC)c1. The summed E-state index contributed by atoms with van der Waals surface area (Å²) in [6.45, 7) is 2.50. The molecular formula is C26H22O7S2. The van der Waals surface area contributed by atoms with Gasteiger partial charge in [0.05, 0.1) is 29.4 Å². The lowest BCUT2D eigenvalue weighted by Gasteiger charge is -2.08. The van der Waals surface area contributed by atoms with E-state index in [4.69, 9.17) is 23.7 Å². The Morgan fingerprint density at radius 3 is 2.71 bits per heavy atom. The number of methoxy groups -OCH3 is 1. The van der Waals surface area contributed by atoms with Crippen LogP contribution >= 0.6 is 11.3 Å². The van der Waals surface area contributed by atoms with Gasteiger partial charge in [0.2, 0.25) is 6.79 Å². The van der Waals surface area contributed by atoms with E-state index in [1.54, 1.807) is 44.4 Å². The summed E-state index contributed by atoms with van der Waals surface area (Å²) in [5.74, 6) is 2.11. The van der Waals surface area contributed by atoms with Gasteiger partial charge >= 0.3 is 5.97 Å². The van der Waals surface area contributed by atoms with Crippen molar-refractivity contribution in [1.29, 1.82) is 0 Å². The Morgan fingerprint density at radius 2 is 1.89 bits per heavy atom. The molecule has 5 rings (SSSR count). The Morgan fingerprint density at radius 1 is 1.03 bits per heavy atom. The lowest BCUT2D eigenvalue weighted by atomic mass is 10.2. The van der Waals surface area contributed by atoms with Crippen LogP contribution in [-0.2, 0) is 22.1 Å². The molecule has 1 aliphatic rings. The van der Waals surface area contributed by atoms with E-state index in [1.165, 1.54) is 11.3 Å². The second-order valence-electron chi connectivity index (χ2n) is 7.56. The van der Waals surface area contributed by atoms with E-state index < -0.39 is 16.8 Å². The number of carbonyl (C=O) groups excluding carboxylic acids is 1. The number of hydrogen-bond acceptors (Lipinski definition) is 8. The predicted octanol–water partition coefficient (Wildman–Crippen LogP) is 5.56. The van der Waals surface area contributed by atoms with Gasteiger partial charge in [-0.1, -0.05) is 18.2 Å². The van der Waals surface area contributed by atoms with Gasteiger partial charge < -0.3 is 23.7 Å². The molecule has 180 valence electrons. The maximum Gasteiger partial charge on any atom is 0.349 e. The average molecular weight is 511 g/mol. The molecule has 0 amide bonds. The highest BCUT2D eigenvalue weighted by atomic mass is 32.2. The number of thiophene rings is 1. The minimum Gasteiger partial charge on any atom is -0.497 e. The summed E-state index contributed by atoms with van der Waals surface area (Å²) in [6.07, 6.45) is 0. The summed E-state index contributed by atoms with van der Waals surface area (Å²) in [7, 11) is -0.0506. The minimum absolute atomic E-state index is 0.204. The molecule has 0 aliphatic carbocycles. The van der Waals surface area contributed by atoms with Crippen molar-refractivity contribution >= 4 is 38.2 Å². The van der Waals surface area contributed by atoms with Crippen LogP contribution in [0.5, 0.6) is 23.0 Å². The fourth-order valence-electron chi connectivity index (χ4n) is 3.69. The molecule has 2 heterocycles. The van der Waals surface area contributed by atoms with E-state index in [1.807, 2.05) is 30.3 Å². The molecule has 0 fully saturated rings. The Hall–Kier alpha value is -3.56. The van der Waals surface area contributed by atoms with Gasteiger partial charge in [-0.15, -0.1) is 11.3 Å². The maximum atomic E-state index is 13.6. The monoisotopic (exact) mass is 510 g/mol. The molecule has 1 atom stereocenters. The van der Waals surface area contributed by atoms with Crippen molar-refractivity contribution in [3.05, 3.63) is 71.1 Å². The number of hydrogen-bond donors (Lipinski definition) is 0. The first-order valence-corrected chi connectivity index (χ1v) is 12.8. The quantitative estimate of drug-likeness (QED) is 0.287. The average Bonchev–Trinajstić information content (AvgIpc) is 3.51. The first-order chi connectivity index (χ1) is 17.1. The molecule has 3 aromatic carbocycles. The van der Waals surface area contributed by atoms with E-state index in [0.717, 1.165) is 15.6 Å². The van der Waals surface area contributed by atoms with Gasteiger partial charge in [0.25, 0.3) is 0 Å². The largest absolute Gasteiger partial charge is 0.497 e. The van der Waals surface area contributed by atoms with Gasteiger partial charge in [-0.25, -0.2) is 9.00 Å². The van der Waals surface area contributed by atoms with E-state index in [-0.39, 0.29) is 13.4 Å². The summed E-state index contributed by atoms with van der Waals surface area (Å²) in [5, 5.41) is 0.742. The first-order valence-electron chi connectivity index (χ1n) is 10.9. The zero-order valence-electron chi connectivity index (χ0n) is 19.1. The second-order valence-corrected chi connectivity index (χ2v) is 10.0. The van der Waals surface area contributed by atoms with Gasteiger partial charge in [-0.05, 0) is 48.9 Å². The van der Waals surface area contributed by atoms with E-state index in [9.17, 15) is 9.00 Å². The third kappa shape index (κ3) is 4.69. The molecule has 0 saturated heterocycles. The Kier molecular flexibility index (Phi) is 6.61. The molecule has 0 spiro atoms. The standard InChI is InChI=1S/C26H22O7S2/c1-3-30-26(27)24-25(35(28)19-6-4-5-17(12-19)29-2)20-9-7-16(11-23(20)34-24)14-31-18-8-10-21-22(13-18)33-15-32-21/h4-13H,3,14-15H2,1-2H3. The number of benzene rings is 3. The third-order valence-corrected chi connectivity index (χ3v) is 8.10. The van der Waals surface area contributed by atoms with Crippen molar-refractivity contribution in [2.45, 2.75) is 23.3 Å². The number of esters is 1. The van der Waals surface area contributed by atoms with Crippen molar-refractivity contribution in [2.24, 2.45) is 0 Å². The maximum absolute atomic E-state index is 13.6. The third-order valence-electron chi connectivity index (χ3n) is 5.36. The number of fused-ring (bicyclic) bond motifs is 2. The van der Waals surface area contributed by atoms with Gasteiger partial charge in [-0.2, -0.15) is 0 Å². The Balaban J connectivity index is 1.47. The lowest BCUT2D eigenvalue weighted by Crippen LogP contribution is -2.06. The summed E-state index contributed by atoms with van der Waals surface area (Å²) in [6, 6.07) is 18.2. The zero-order chi connectivity index (χ0) is 24.4. The van der Waals surface area contributed by atoms with E-state index in [2.05, 4.69) is 0 Å². The molecule has 0 N–H and O–H groups in total. The molecule has 0 radical (unpaired) electrons. The zero-order valence-corrected chi connectivity index (χ0v) is 20.7. The molecule has 0 bridgehead atoms. The second kappa shape index (κ2) is 9.97. The van der Waals surface area contributed by atoms with Crippen molar-refractivity contribution in [2.75, 3.05) is 20.5 Å². The van der Waals surface area contributed by atoms with Crippen molar-refractivity contribution in [1.82, 2.24) is 0 Å². The Labute approximate surface area is 208 Å². The van der Waals surface area contributed by atoms with Crippen LogP contribution in [0.15, 0.2) is 70.5 Å². The normalized spacial score (nSPS) is 13.0. The number of carbonyl (C=O) groups is 1. The molecule has 35 heavy (non-hydrogen) atoms. The summed E-state index contributed by atoms with van der Waals surface area (Å²) in [4.78, 5) is 14.1. The van der Waals surface area contributed by atoms with Gasteiger partial charge in [0.1, 0.15) is 23.0 Å². The van der Waals surface area contributed by atoms with Crippen LogP contribution in [0.1, 0.15) is 22.2 Å². The highest BCUT2D eigenvalue weighted by Crippen LogP contribution is 2.38. The molecule has 4 aromatic rings. The molecule has 9 heteroatoms. The van der Waals surface area contributed by atoms with E-state index in [0.29, 0.717) is 44.3 Å². The molecule has 0 saturated carbocycles. The topological polar surface area (TPSA) is 80.3 Å². The summed E-state index contributed by atoms with van der Waals surface area (Å²) >= 11 is 1.27. The van der Waals surface area contributed by atoms with Crippen molar-refractivity contribution < 1.29 is 32.7 Å². The summed E-state index contributed by atoms with van der Waals surface area (Å²) < 4.78 is 41.7. The van der Waals surface area contributed by atoms with Crippen LogP contribution in [0, 0.1) is 0 Å². The number of ether oxygens (including phenoxy) is 5. The van der Waals surface area contributed by atoms with Gasteiger partial charge in [0.15, 0.2) is 11.5 Å². The van der Waals surface area contributed by atoms with E-state index >= 15 is 0 Å². The first kappa shape index (κ1) is 23.2. The van der Waals surface area contributed by atoms with Crippen molar-refractivity contribution in [3.63, 3.8) is 0 Å². The Bertz CT molecular complexity index is 1430. The fourth-order valence-corrected chi connectivity index (χ4v) is 6.45. The van der Waals surface area contributed by atoms with Gasteiger partial charge in [0, 0.05) is 21.0 Å². The summed E-state index contributed by atoms with van der Waals surface area (Å²) in [5.41, 5.74) is 0.908. The van der Waals surface area contributed by atoms with Crippen LogP contribution < -0.4 is 18.9 Å². The molecule has 1 aliphatic heterocycles. The molecule has 7 nitrogen and oxygen atoms in total. The number of rotatable bonds is 8. The highest BCUT2D eigenvalue weighted by Gasteiger charge is 2.25. The van der Waals surface area contributed by atoms with Crippen molar-refractivity contribution in [3.8, 4) is 23.0 Å². The van der Waals surface area contributed by atoms with Crippen LogP contribution in [-0.4, -0.2) is 30.7 Å². The fraction of sp³-hybridized carbons (Fsp3) is 0.192. The molecule has 1 unspecified atom stereocenters.